The topological polar surface area (TPSA) is 98.8 Å². The first-order chi connectivity index (χ1) is 8.78. The number of ether oxygens (including phenoxy) is 1. The lowest BCUT2D eigenvalue weighted by molar-refractivity contribution is 0.312. The summed E-state index contributed by atoms with van der Waals surface area (Å²) in [6.45, 7) is 3.03. The second-order valence-corrected chi connectivity index (χ2v) is 4.31. The van der Waals surface area contributed by atoms with Crippen molar-refractivity contribution in [3.05, 3.63) is 16.6 Å². The highest BCUT2D eigenvalue weighted by Crippen LogP contribution is 2.09. The SMILES string of the molecule is CCOc1nc(N)nc(NCCc2nccs2)n1. The molecule has 0 saturated carbocycles. The Labute approximate surface area is 108 Å². The zero-order valence-electron chi connectivity index (χ0n) is 9.96. The van der Waals surface area contributed by atoms with Gasteiger partial charge in [-0.25, -0.2) is 4.98 Å². The molecule has 0 amide bonds. The van der Waals surface area contributed by atoms with Crippen LogP contribution in [0.2, 0.25) is 0 Å². The molecule has 0 bridgehead atoms. The van der Waals surface area contributed by atoms with E-state index in [1.54, 1.807) is 17.5 Å². The summed E-state index contributed by atoms with van der Waals surface area (Å²) in [5.41, 5.74) is 5.56. The van der Waals surface area contributed by atoms with Crippen LogP contribution in [0.4, 0.5) is 11.9 Å². The van der Waals surface area contributed by atoms with E-state index in [1.807, 2.05) is 12.3 Å². The molecule has 0 aliphatic heterocycles. The lowest BCUT2D eigenvalue weighted by Crippen LogP contribution is -2.11. The summed E-state index contributed by atoms with van der Waals surface area (Å²) in [5, 5.41) is 6.08. The molecule has 0 spiro atoms. The van der Waals surface area contributed by atoms with Crippen LogP contribution in [0.25, 0.3) is 0 Å². The van der Waals surface area contributed by atoms with Crippen LogP contribution in [0.1, 0.15) is 11.9 Å². The standard InChI is InChI=1S/C10H14N6OS/c1-2-17-10-15-8(11)14-9(16-10)13-4-3-7-12-5-6-18-7/h5-6H,2-4H2,1H3,(H3,11,13,14,15,16). The first kappa shape index (κ1) is 12.5. The highest BCUT2D eigenvalue weighted by molar-refractivity contribution is 7.09. The van der Waals surface area contributed by atoms with Gasteiger partial charge in [0.1, 0.15) is 0 Å². The zero-order chi connectivity index (χ0) is 12.8. The molecule has 0 aromatic carbocycles. The summed E-state index contributed by atoms with van der Waals surface area (Å²) in [6.07, 6.45) is 2.60. The normalized spacial score (nSPS) is 10.3. The summed E-state index contributed by atoms with van der Waals surface area (Å²) in [6, 6.07) is 0.238. The van der Waals surface area contributed by atoms with Crippen molar-refractivity contribution in [2.45, 2.75) is 13.3 Å². The third-order valence-corrected chi connectivity index (χ3v) is 2.85. The second-order valence-electron chi connectivity index (χ2n) is 3.34. The Bertz CT molecular complexity index is 489. The number of nitrogens with two attached hydrogens (primary N) is 1. The number of nitrogens with one attached hydrogen (secondary N) is 1. The molecule has 2 aromatic rings. The highest BCUT2D eigenvalue weighted by atomic mass is 32.1. The van der Waals surface area contributed by atoms with Gasteiger partial charge in [0.15, 0.2) is 0 Å². The smallest absolute Gasteiger partial charge is 0.323 e. The van der Waals surface area contributed by atoms with Gasteiger partial charge in [-0.05, 0) is 6.92 Å². The fourth-order valence-corrected chi connectivity index (χ4v) is 1.92. The van der Waals surface area contributed by atoms with E-state index in [2.05, 4.69) is 25.3 Å². The van der Waals surface area contributed by atoms with Crippen molar-refractivity contribution in [2.75, 3.05) is 24.2 Å². The number of anilines is 2. The van der Waals surface area contributed by atoms with Crippen LogP contribution in [-0.2, 0) is 6.42 Å². The van der Waals surface area contributed by atoms with Gasteiger partial charge in [-0.15, -0.1) is 11.3 Å². The van der Waals surface area contributed by atoms with Gasteiger partial charge in [-0.1, -0.05) is 0 Å². The van der Waals surface area contributed by atoms with Crippen LogP contribution in [0.5, 0.6) is 6.01 Å². The third-order valence-electron chi connectivity index (χ3n) is 2.01. The minimum Gasteiger partial charge on any atom is -0.464 e. The summed E-state index contributed by atoms with van der Waals surface area (Å²) in [5.74, 6) is 0.563. The maximum absolute atomic E-state index is 5.56. The molecule has 0 unspecified atom stereocenters. The molecule has 96 valence electrons. The first-order valence-electron chi connectivity index (χ1n) is 5.54. The Morgan fingerprint density at radius 3 is 3.00 bits per heavy atom. The van der Waals surface area contributed by atoms with Gasteiger partial charge in [0.05, 0.1) is 11.6 Å². The minimum atomic E-state index is 0.144. The van der Waals surface area contributed by atoms with Crippen LogP contribution in [0, 0.1) is 0 Å². The molecule has 2 rings (SSSR count). The van der Waals surface area contributed by atoms with Gasteiger partial charge >= 0.3 is 6.01 Å². The van der Waals surface area contributed by atoms with E-state index in [1.165, 1.54) is 0 Å². The zero-order valence-corrected chi connectivity index (χ0v) is 10.8. The predicted octanol–water partition coefficient (Wildman–Crippen LogP) is 0.964. The van der Waals surface area contributed by atoms with Crippen LogP contribution in [-0.4, -0.2) is 33.1 Å². The number of nitrogen functional groups attached to an aromatic ring is 1. The Balaban J connectivity index is 1.92. The number of hydrogen-bond acceptors (Lipinski definition) is 8. The van der Waals surface area contributed by atoms with E-state index in [0.717, 1.165) is 11.4 Å². The molecule has 7 nitrogen and oxygen atoms in total. The molecule has 2 heterocycles. The third kappa shape index (κ3) is 3.52. The second kappa shape index (κ2) is 6.10. The molecule has 2 aromatic heterocycles. The summed E-state index contributed by atoms with van der Waals surface area (Å²) < 4.78 is 5.19. The molecule has 0 fully saturated rings. The highest BCUT2D eigenvalue weighted by Gasteiger charge is 2.04. The van der Waals surface area contributed by atoms with Crippen molar-refractivity contribution in [3.8, 4) is 6.01 Å². The Morgan fingerprint density at radius 2 is 2.28 bits per heavy atom. The van der Waals surface area contributed by atoms with Crippen molar-refractivity contribution in [2.24, 2.45) is 0 Å². The number of rotatable bonds is 6. The summed E-state index contributed by atoms with van der Waals surface area (Å²) in [7, 11) is 0. The van der Waals surface area contributed by atoms with E-state index in [4.69, 9.17) is 10.5 Å². The molecule has 0 aliphatic rings. The number of hydrogen-bond donors (Lipinski definition) is 2. The maximum Gasteiger partial charge on any atom is 0.323 e. The molecule has 0 atom stereocenters. The average molecular weight is 266 g/mol. The molecule has 18 heavy (non-hydrogen) atoms. The van der Waals surface area contributed by atoms with E-state index >= 15 is 0 Å². The Kier molecular flexibility index (Phi) is 4.24. The van der Waals surface area contributed by atoms with Crippen molar-refractivity contribution < 1.29 is 4.74 Å². The number of nitrogens with zero attached hydrogens (tertiary/aromatic N) is 4. The fourth-order valence-electron chi connectivity index (χ4n) is 1.30. The lowest BCUT2D eigenvalue weighted by atomic mass is 10.4. The van der Waals surface area contributed by atoms with Crippen LogP contribution in [0.15, 0.2) is 11.6 Å². The van der Waals surface area contributed by atoms with Crippen LogP contribution >= 0.6 is 11.3 Å². The van der Waals surface area contributed by atoms with Gasteiger partial charge < -0.3 is 15.8 Å². The Morgan fingerprint density at radius 1 is 1.39 bits per heavy atom. The van der Waals surface area contributed by atoms with Crippen molar-refractivity contribution >= 4 is 23.2 Å². The lowest BCUT2D eigenvalue weighted by Gasteiger charge is -2.06. The predicted molar refractivity (Wildman–Crippen MR) is 69.7 cm³/mol. The van der Waals surface area contributed by atoms with Gasteiger partial charge in [-0.3, -0.25) is 0 Å². The van der Waals surface area contributed by atoms with Crippen molar-refractivity contribution in [1.29, 1.82) is 0 Å². The molecule has 0 saturated heterocycles. The van der Waals surface area contributed by atoms with Gasteiger partial charge in [0.25, 0.3) is 0 Å². The fraction of sp³-hybridized carbons (Fsp3) is 0.400. The van der Waals surface area contributed by atoms with Crippen LogP contribution in [0.3, 0.4) is 0 Å². The number of aromatic nitrogens is 4. The van der Waals surface area contributed by atoms with Crippen molar-refractivity contribution in [3.63, 3.8) is 0 Å². The molecule has 3 N–H and O–H groups in total. The summed E-state index contributed by atoms with van der Waals surface area (Å²) >= 11 is 1.62. The van der Waals surface area contributed by atoms with E-state index in [-0.39, 0.29) is 12.0 Å². The minimum absolute atomic E-state index is 0.144. The molecule has 0 aliphatic carbocycles. The van der Waals surface area contributed by atoms with E-state index in [9.17, 15) is 0 Å². The monoisotopic (exact) mass is 266 g/mol. The van der Waals surface area contributed by atoms with E-state index in [0.29, 0.717) is 19.1 Å². The van der Waals surface area contributed by atoms with Gasteiger partial charge in [0, 0.05) is 24.5 Å². The molecular weight excluding hydrogens is 252 g/mol. The van der Waals surface area contributed by atoms with Gasteiger partial charge in [-0.2, -0.15) is 15.0 Å². The van der Waals surface area contributed by atoms with E-state index < -0.39 is 0 Å². The maximum atomic E-state index is 5.56. The first-order valence-corrected chi connectivity index (χ1v) is 6.42. The van der Waals surface area contributed by atoms with Crippen molar-refractivity contribution in [1.82, 2.24) is 19.9 Å². The molecule has 8 heteroatoms. The molecule has 0 radical (unpaired) electrons. The molecular formula is C10H14N6OS. The Hall–Kier alpha value is -1.96. The average Bonchev–Trinajstić information content (AvgIpc) is 2.82. The quantitative estimate of drug-likeness (QED) is 0.803. The van der Waals surface area contributed by atoms with Crippen LogP contribution < -0.4 is 15.8 Å². The summed E-state index contributed by atoms with van der Waals surface area (Å²) in [4.78, 5) is 16.1. The van der Waals surface area contributed by atoms with Gasteiger partial charge in [0.2, 0.25) is 11.9 Å². The number of thiazole rings is 1. The largest absolute Gasteiger partial charge is 0.464 e.